The van der Waals surface area contributed by atoms with E-state index in [1.165, 1.54) is 18.2 Å². The Morgan fingerprint density at radius 1 is 1.47 bits per heavy atom. The SMILES string of the molecule is CC(C)CCN(C)CC(=O)Nc1ccc(F)c(N)c1. The highest BCUT2D eigenvalue weighted by molar-refractivity contribution is 5.92. The van der Waals surface area contributed by atoms with Crippen molar-refractivity contribution in [3.63, 3.8) is 0 Å². The van der Waals surface area contributed by atoms with Crippen molar-refractivity contribution < 1.29 is 9.18 Å². The lowest BCUT2D eigenvalue weighted by Gasteiger charge is -2.17. The number of carbonyl (C=O) groups excluding carboxylic acids is 1. The number of halogens is 1. The Morgan fingerprint density at radius 2 is 2.16 bits per heavy atom. The van der Waals surface area contributed by atoms with Crippen LogP contribution in [0.15, 0.2) is 18.2 Å². The van der Waals surface area contributed by atoms with E-state index in [2.05, 4.69) is 19.2 Å². The minimum atomic E-state index is -0.480. The minimum absolute atomic E-state index is 0.0333. The molecule has 0 heterocycles. The third kappa shape index (κ3) is 5.70. The molecule has 0 aromatic heterocycles. The van der Waals surface area contributed by atoms with Crippen molar-refractivity contribution in [3.8, 4) is 0 Å². The first-order valence-corrected chi connectivity index (χ1v) is 6.42. The van der Waals surface area contributed by atoms with Crippen LogP contribution in [-0.4, -0.2) is 30.9 Å². The van der Waals surface area contributed by atoms with E-state index in [1.807, 2.05) is 11.9 Å². The number of nitrogen functional groups attached to an aromatic ring is 1. The summed E-state index contributed by atoms with van der Waals surface area (Å²) in [6.45, 7) is 5.48. The molecule has 1 amide bonds. The van der Waals surface area contributed by atoms with Crippen LogP contribution < -0.4 is 11.1 Å². The van der Waals surface area contributed by atoms with E-state index < -0.39 is 5.82 Å². The first-order valence-electron chi connectivity index (χ1n) is 6.42. The van der Waals surface area contributed by atoms with Crippen molar-refractivity contribution in [2.45, 2.75) is 20.3 Å². The van der Waals surface area contributed by atoms with E-state index in [1.54, 1.807) is 0 Å². The monoisotopic (exact) mass is 267 g/mol. The van der Waals surface area contributed by atoms with Gasteiger partial charge in [-0.05, 0) is 44.1 Å². The second kappa shape index (κ2) is 7.09. The Bertz CT molecular complexity index is 435. The molecule has 1 rings (SSSR count). The summed E-state index contributed by atoms with van der Waals surface area (Å²) in [5, 5.41) is 2.70. The second-order valence-corrected chi connectivity index (χ2v) is 5.20. The second-order valence-electron chi connectivity index (χ2n) is 5.20. The molecule has 1 aromatic rings. The molecule has 3 N–H and O–H groups in total. The van der Waals surface area contributed by atoms with Crippen molar-refractivity contribution >= 4 is 17.3 Å². The Morgan fingerprint density at radius 3 is 2.74 bits per heavy atom. The van der Waals surface area contributed by atoms with Crippen LogP contribution in [0.1, 0.15) is 20.3 Å². The zero-order chi connectivity index (χ0) is 14.4. The number of benzene rings is 1. The van der Waals surface area contributed by atoms with E-state index in [4.69, 9.17) is 5.73 Å². The summed E-state index contributed by atoms with van der Waals surface area (Å²) in [5.41, 5.74) is 5.99. The predicted octanol–water partition coefficient (Wildman–Crippen LogP) is 2.32. The molecular weight excluding hydrogens is 245 g/mol. The van der Waals surface area contributed by atoms with E-state index >= 15 is 0 Å². The number of nitrogens with zero attached hydrogens (tertiary/aromatic N) is 1. The van der Waals surface area contributed by atoms with E-state index in [0.29, 0.717) is 18.2 Å². The fourth-order valence-electron chi connectivity index (χ4n) is 1.62. The molecule has 0 bridgehead atoms. The number of hydrogen-bond acceptors (Lipinski definition) is 3. The van der Waals surface area contributed by atoms with Crippen molar-refractivity contribution in [2.75, 3.05) is 31.2 Å². The van der Waals surface area contributed by atoms with Crippen LogP contribution in [0.4, 0.5) is 15.8 Å². The van der Waals surface area contributed by atoms with Crippen molar-refractivity contribution in [1.29, 1.82) is 0 Å². The number of nitrogens with one attached hydrogen (secondary N) is 1. The summed E-state index contributed by atoms with van der Waals surface area (Å²) in [6.07, 6.45) is 1.05. The molecule has 0 saturated heterocycles. The third-order valence-corrected chi connectivity index (χ3v) is 2.78. The lowest BCUT2D eigenvalue weighted by Crippen LogP contribution is -2.31. The molecule has 1 aromatic carbocycles. The fourth-order valence-corrected chi connectivity index (χ4v) is 1.62. The van der Waals surface area contributed by atoms with Gasteiger partial charge in [0.2, 0.25) is 5.91 Å². The number of amides is 1. The van der Waals surface area contributed by atoms with Crippen LogP contribution in [0.3, 0.4) is 0 Å². The highest BCUT2D eigenvalue weighted by Crippen LogP contribution is 2.16. The number of likely N-dealkylation sites (N-methyl/N-ethyl adjacent to an activating group) is 1. The molecule has 106 valence electrons. The smallest absolute Gasteiger partial charge is 0.238 e. The highest BCUT2D eigenvalue weighted by Gasteiger charge is 2.08. The topological polar surface area (TPSA) is 58.4 Å². The van der Waals surface area contributed by atoms with Crippen LogP contribution in [-0.2, 0) is 4.79 Å². The normalized spacial score (nSPS) is 11.1. The third-order valence-electron chi connectivity index (χ3n) is 2.78. The Balaban J connectivity index is 2.44. The molecule has 0 spiro atoms. The fraction of sp³-hybridized carbons (Fsp3) is 0.500. The molecule has 0 aliphatic carbocycles. The van der Waals surface area contributed by atoms with Crippen LogP contribution in [0.2, 0.25) is 0 Å². The molecule has 19 heavy (non-hydrogen) atoms. The number of rotatable bonds is 6. The number of nitrogens with two attached hydrogens (primary N) is 1. The van der Waals surface area contributed by atoms with Gasteiger partial charge in [0.1, 0.15) is 5.82 Å². The molecule has 0 atom stereocenters. The highest BCUT2D eigenvalue weighted by atomic mass is 19.1. The number of anilines is 2. The Kier molecular flexibility index (Phi) is 5.76. The maximum atomic E-state index is 13.0. The van der Waals surface area contributed by atoms with Crippen LogP contribution in [0.25, 0.3) is 0 Å². The Hall–Kier alpha value is -1.62. The van der Waals surface area contributed by atoms with Gasteiger partial charge in [-0.1, -0.05) is 13.8 Å². The van der Waals surface area contributed by atoms with Crippen LogP contribution >= 0.6 is 0 Å². The van der Waals surface area contributed by atoms with Crippen molar-refractivity contribution in [2.24, 2.45) is 5.92 Å². The zero-order valence-corrected chi connectivity index (χ0v) is 11.7. The van der Waals surface area contributed by atoms with Gasteiger partial charge in [-0.2, -0.15) is 0 Å². The van der Waals surface area contributed by atoms with Crippen LogP contribution in [0, 0.1) is 11.7 Å². The average molecular weight is 267 g/mol. The first kappa shape index (κ1) is 15.4. The van der Waals surface area contributed by atoms with Gasteiger partial charge >= 0.3 is 0 Å². The molecule has 0 saturated carbocycles. The van der Waals surface area contributed by atoms with Gasteiger partial charge in [-0.25, -0.2) is 4.39 Å². The molecule has 5 heteroatoms. The predicted molar refractivity (Wildman–Crippen MR) is 76.4 cm³/mol. The van der Waals surface area contributed by atoms with Gasteiger partial charge in [0, 0.05) is 5.69 Å². The molecule has 0 radical (unpaired) electrons. The van der Waals surface area contributed by atoms with Crippen molar-refractivity contribution in [1.82, 2.24) is 4.90 Å². The molecule has 4 nitrogen and oxygen atoms in total. The first-order chi connectivity index (χ1) is 8.88. The molecular formula is C14H22FN3O. The summed E-state index contributed by atoms with van der Waals surface area (Å²) in [6, 6.07) is 4.16. The molecule has 0 aliphatic heterocycles. The summed E-state index contributed by atoms with van der Waals surface area (Å²) < 4.78 is 13.0. The lowest BCUT2D eigenvalue weighted by atomic mass is 10.1. The quantitative estimate of drug-likeness (QED) is 0.778. The van der Waals surface area contributed by atoms with Gasteiger partial charge in [-0.15, -0.1) is 0 Å². The van der Waals surface area contributed by atoms with Crippen LogP contribution in [0.5, 0.6) is 0 Å². The number of hydrogen-bond donors (Lipinski definition) is 2. The van der Waals surface area contributed by atoms with E-state index in [9.17, 15) is 9.18 Å². The summed E-state index contributed by atoms with van der Waals surface area (Å²) in [4.78, 5) is 13.7. The van der Waals surface area contributed by atoms with Gasteiger partial charge in [0.25, 0.3) is 0 Å². The lowest BCUT2D eigenvalue weighted by molar-refractivity contribution is -0.117. The summed E-state index contributed by atoms with van der Waals surface area (Å²) in [5.74, 6) is 0.00622. The summed E-state index contributed by atoms with van der Waals surface area (Å²) in [7, 11) is 1.90. The average Bonchev–Trinajstić information content (AvgIpc) is 2.31. The molecule has 0 fully saturated rings. The standard InChI is InChI=1S/C14H22FN3O/c1-10(2)6-7-18(3)9-14(19)17-11-4-5-12(15)13(16)8-11/h4-5,8,10H,6-7,9,16H2,1-3H3,(H,17,19). The van der Waals surface area contributed by atoms with Crippen molar-refractivity contribution in [3.05, 3.63) is 24.0 Å². The zero-order valence-electron chi connectivity index (χ0n) is 11.7. The number of carbonyl (C=O) groups is 1. The van der Waals surface area contributed by atoms with Gasteiger partial charge in [0.15, 0.2) is 0 Å². The minimum Gasteiger partial charge on any atom is -0.396 e. The maximum absolute atomic E-state index is 13.0. The molecule has 0 aliphatic rings. The largest absolute Gasteiger partial charge is 0.396 e. The van der Waals surface area contributed by atoms with Gasteiger partial charge < -0.3 is 11.1 Å². The maximum Gasteiger partial charge on any atom is 0.238 e. The van der Waals surface area contributed by atoms with E-state index in [0.717, 1.165) is 13.0 Å². The van der Waals surface area contributed by atoms with Gasteiger partial charge in [-0.3, -0.25) is 9.69 Å². The van der Waals surface area contributed by atoms with Gasteiger partial charge in [0.05, 0.1) is 12.2 Å². The van der Waals surface area contributed by atoms with E-state index in [-0.39, 0.29) is 11.6 Å². The Labute approximate surface area is 113 Å². The molecule has 0 unspecified atom stereocenters. The summed E-state index contributed by atoms with van der Waals surface area (Å²) >= 11 is 0.